The summed E-state index contributed by atoms with van der Waals surface area (Å²) >= 11 is 0. The molecule has 1 aliphatic carbocycles. The van der Waals surface area contributed by atoms with E-state index in [1.54, 1.807) is 6.20 Å². The van der Waals surface area contributed by atoms with E-state index in [9.17, 15) is 4.79 Å². The Labute approximate surface area is 100 Å². The third-order valence-electron chi connectivity index (χ3n) is 3.24. The molecule has 2 N–H and O–H groups in total. The molecule has 0 bridgehead atoms. The minimum Gasteiger partial charge on any atom is -0.476 e. The lowest BCUT2D eigenvalue weighted by Gasteiger charge is -2.15. The Morgan fingerprint density at radius 3 is 2.88 bits per heavy atom. The topological polar surface area (TPSA) is 75.1 Å². The van der Waals surface area contributed by atoms with Gasteiger partial charge in [0.2, 0.25) is 0 Å². The largest absolute Gasteiger partial charge is 0.476 e. The number of hydrogen-bond donors (Lipinski definition) is 2. The molecule has 0 amide bonds. The van der Waals surface area contributed by atoms with E-state index >= 15 is 0 Å². The average molecular weight is 235 g/mol. The molecule has 0 saturated heterocycles. The molecule has 1 aromatic heterocycles. The molecule has 1 fully saturated rings. The van der Waals surface area contributed by atoms with E-state index < -0.39 is 5.97 Å². The minimum atomic E-state index is -1.05. The summed E-state index contributed by atoms with van der Waals surface area (Å²) in [5, 5.41) is 12.0. The van der Waals surface area contributed by atoms with Crippen molar-refractivity contribution >= 4 is 11.8 Å². The van der Waals surface area contributed by atoms with Gasteiger partial charge in [-0.3, -0.25) is 4.98 Å². The zero-order valence-electron chi connectivity index (χ0n) is 9.94. The number of carboxylic acids is 1. The van der Waals surface area contributed by atoms with Crippen molar-refractivity contribution < 1.29 is 9.90 Å². The van der Waals surface area contributed by atoms with Crippen molar-refractivity contribution in [3.8, 4) is 0 Å². The molecule has 0 spiro atoms. The van der Waals surface area contributed by atoms with E-state index in [0.29, 0.717) is 11.2 Å². The molecular weight excluding hydrogens is 218 g/mol. The third-order valence-corrected chi connectivity index (χ3v) is 3.24. The molecule has 1 aromatic rings. The van der Waals surface area contributed by atoms with Crippen LogP contribution >= 0.6 is 0 Å². The normalized spacial score (nSPS) is 16.5. The summed E-state index contributed by atoms with van der Waals surface area (Å²) in [6, 6.07) is 0. The molecule has 2 rings (SSSR count). The molecule has 0 aromatic carbocycles. The monoisotopic (exact) mass is 235 g/mol. The number of nitrogens with zero attached hydrogens (tertiary/aromatic N) is 2. The molecule has 1 heterocycles. The van der Waals surface area contributed by atoms with Crippen molar-refractivity contribution in [1.29, 1.82) is 0 Å². The van der Waals surface area contributed by atoms with Gasteiger partial charge in [0.1, 0.15) is 5.82 Å². The lowest BCUT2D eigenvalue weighted by Crippen LogP contribution is -2.16. The van der Waals surface area contributed by atoms with Crippen LogP contribution in [0.1, 0.15) is 43.1 Å². The van der Waals surface area contributed by atoms with Crippen LogP contribution in [0.2, 0.25) is 0 Å². The molecule has 0 radical (unpaired) electrons. The van der Waals surface area contributed by atoms with Gasteiger partial charge in [-0.2, -0.15) is 0 Å². The van der Waals surface area contributed by atoms with Crippen LogP contribution in [0.25, 0.3) is 0 Å². The van der Waals surface area contributed by atoms with E-state index in [1.807, 2.05) is 0 Å². The maximum atomic E-state index is 10.7. The molecule has 0 unspecified atom stereocenters. The smallest absolute Gasteiger partial charge is 0.356 e. The summed E-state index contributed by atoms with van der Waals surface area (Å²) < 4.78 is 0. The Kier molecular flexibility index (Phi) is 3.26. The van der Waals surface area contributed by atoms with Gasteiger partial charge in [0.25, 0.3) is 0 Å². The van der Waals surface area contributed by atoms with Crippen molar-refractivity contribution in [2.45, 2.75) is 32.6 Å². The Morgan fingerprint density at radius 2 is 2.29 bits per heavy atom. The van der Waals surface area contributed by atoms with Crippen molar-refractivity contribution in [2.75, 3.05) is 11.9 Å². The standard InChI is InChI=1S/C12H17N3O2/c1-2-3-12(4-5-12)8-14-10-7-13-6-9(15-10)11(16)17/h6-7H,2-5,8H2,1H3,(H,14,15)(H,16,17). The predicted octanol–water partition coefficient (Wildman–Crippen LogP) is 2.17. The number of carbonyl (C=O) groups is 1. The van der Waals surface area contributed by atoms with Crippen LogP contribution < -0.4 is 5.32 Å². The first-order chi connectivity index (χ1) is 8.15. The summed E-state index contributed by atoms with van der Waals surface area (Å²) in [7, 11) is 0. The van der Waals surface area contributed by atoms with Crippen molar-refractivity contribution in [2.24, 2.45) is 5.41 Å². The molecule has 92 valence electrons. The fraction of sp³-hybridized carbons (Fsp3) is 0.583. The van der Waals surface area contributed by atoms with E-state index in [-0.39, 0.29) is 5.69 Å². The highest BCUT2D eigenvalue weighted by Gasteiger charge is 2.41. The summed E-state index contributed by atoms with van der Waals surface area (Å²) in [6.45, 7) is 3.05. The van der Waals surface area contributed by atoms with Gasteiger partial charge in [0.05, 0.1) is 12.4 Å². The quantitative estimate of drug-likeness (QED) is 0.790. The lowest BCUT2D eigenvalue weighted by atomic mass is 10.0. The lowest BCUT2D eigenvalue weighted by molar-refractivity contribution is 0.0690. The van der Waals surface area contributed by atoms with Crippen LogP contribution in [0.4, 0.5) is 5.82 Å². The minimum absolute atomic E-state index is 0.0182. The SMILES string of the molecule is CCCC1(CNc2cncc(C(=O)O)n2)CC1. The first-order valence-electron chi connectivity index (χ1n) is 5.94. The third kappa shape index (κ3) is 2.93. The number of carboxylic acid groups (broad SMARTS) is 1. The first kappa shape index (κ1) is 11.8. The van der Waals surface area contributed by atoms with Crippen LogP contribution in [0.5, 0.6) is 0 Å². The molecule has 1 saturated carbocycles. The average Bonchev–Trinajstić information content (AvgIpc) is 3.08. The van der Waals surface area contributed by atoms with Crippen LogP contribution in [-0.4, -0.2) is 27.6 Å². The highest BCUT2D eigenvalue weighted by atomic mass is 16.4. The predicted molar refractivity (Wildman–Crippen MR) is 64.1 cm³/mol. The number of aromatic nitrogens is 2. The van der Waals surface area contributed by atoms with Gasteiger partial charge >= 0.3 is 5.97 Å². The second-order valence-corrected chi connectivity index (χ2v) is 4.70. The molecule has 5 nitrogen and oxygen atoms in total. The number of rotatable bonds is 6. The molecule has 0 aliphatic heterocycles. The number of anilines is 1. The zero-order chi connectivity index (χ0) is 12.3. The van der Waals surface area contributed by atoms with E-state index in [4.69, 9.17) is 5.11 Å². The van der Waals surface area contributed by atoms with Gasteiger partial charge in [-0.05, 0) is 24.7 Å². The van der Waals surface area contributed by atoms with Crippen LogP contribution in [0, 0.1) is 5.41 Å². The molecule has 0 atom stereocenters. The van der Waals surface area contributed by atoms with Gasteiger partial charge in [0.15, 0.2) is 5.69 Å². The zero-order valence-corrected chi connectivity index (χ0v) is 9.94. The number of hydrogen-bond acceptors (Lipinski definition) is 4. The fourth-order valence-corrected chi connectivity index (χ4v) is 2.05. The van der Waals surface area contributed by atoms with Crippen molar-refractivity contribution in [3.05, 3.63) is 18.1 Å². The summed E-state index contributed by atoms with van der Waals surface area (Å²) in [5.41, 5.74) is 0.394. The number of nitrogens with one attached hydrogen (secondary N) is 1. The Hall–Kier alpha value is -1.65. The summed E-state index contributed by atoms with van der Waals surface area (Å²) in [6.07, 6.45) is 7.72. The molecular formula is C12H17N3O2. The van der Waals surface area contributed by atoms with Gasteiger partial charge < -0.3 is 10.4 Å². The van der Waals surface area contributed by atoms with Crippen molar-refractivity contribution in [3.63, 3.8) is 0 Å². The van der Waals surface area contributed by atoms with Gasteiger partial charge in [-0.25, -0.2) is 9.78 Å². The Morgan fingerprint density at radius 1 is 1.53 bits per heavy atom. The highest BCUT2D eigenvalue weighted by molar-refractivity contribution is 5.85. The first-order valence-corrected chi connectivity index (χ1v) is 5.94. The van der Waals surface area contributed by atoms with Gasteiger partial charge in [-0.15, -0.1) is 0 Å². The number of aromatic carboxylic acids is 1. The van der Waals surface area contributed by atoms with Crippen LogP contribution in [0.15, 0.2) is 12.4 Å². The molecule has 17 heavy (non-hydrogen) atoms. The van der Waals surface area contributed by atoms with E-state index in [2.05, 4.69) is 22.2 Å². The maximum absolute atomic E-state index is 10.7. The van der Waals surface area contributed by atoms with Gasteiger partial charge in [-0.1, -0.05) is 13.3 Å². The second kappa shape index (κ2) is 4.69. The molecule has 1 aliphatic rings. The fourth-order valence-electron chi connectivity index (χ4n) is 2.05. The Balaban J connectivity index is 1.95. The maximum Gasteiger partial charge on any atom is 0.356 e. The second-order valence-electron chi connectivity index (χ2n) is 4.70. The van der Waals surface area contributed by atoms with Crippen LogP contribution in [0.3, 0.4) is 0 Å². The van der Waals surface area contributed by atoms with E-state index in [1.165, 1.54) is 31.9 Å². The van der Waals surface area contributed by atoms with Crippen LogP contribution in [-0.2, 0) is 0 Å². The molecule has 5 heteroatoms. The highest BCUT2D eigenvalue weighted by Crippen LogP contribution is 2.49. The summed E-state index contributed by atoms with van der Waals surface area (Å²) in [5.74, 6) is -0.497. The summed E-state index contributed by atoms with van der Waals surface area (Å²) in [4.78, 5) is 18.6. The van der Waals surface area contributed by atoms with Gasteiger partial charge in [0, 0.05) is 6.54 Å². The Bertz CT molecular complexity index is 416. The van der Waals surface area contributed by atoms with E-state index in [0.717, 1.165) is 6.54 Å². The van der Waals surface area contributed by atoms with Crippen molar-refractivity contribution in [1.82, 2.24) is 9.97 Å².